The standard InChI is InChI=1S/C23H31F3N2O/c1-5-6-7-13-28(21(29)22(2,3)4)17-20-12-9-14-27(20)16-18-10-8-11-19(15-18)23(24,25)26/h8-12,14-15H,5-7,13,16-17H2,1-4H3. The zero-order valence-electron chi connectivity index (χ0n) is 17.7. The summed E-state index contributed by atoms with van der Waals surface area (Å²) >= 11 is 0. The van der Waals surface area contributed by atoms with Gasteiger partial charge in [0.1, 0.15) is 0 Å². The molecule has 0 saturated heterocycles. The van der Waals surface area contributed by atoms with E-state index in [1.807, 2.05) is 48.6 Å². The Labute approximate surface area is 171 Å². The van der Waals surface area contributed by atoms with E-state index in [0.29, 0.717) is 25.2 Å². The van der Waals surface area contributed by atoms with Crippen LogP contribution in [-0.2, 0) is 24.1 Å². The molecule has 0 atom stereocenters. The molecular weight excluding hydrogens is 377 g/mol. The van der Waals surface area contributed by atoms with Crippen LogP contribution in [-0.4, -0.2) is 21.9 Å². The molecule has 0 saturated carbocycles. The van der Waals surface area contributed by atoms with Crippen LogP contribution in [0.5, 0.6) is 0 Å². The van der Waals surface area contributed by atoms with Gasteiger partial charge in [-0.05, 0) is 36.2 Å². The van der Waals surface area contributed by atoms with Crippen molar-refractivity contribution in [1.82, 2.24) is 9.47 Å². The van der Waals surface area contributed by atoms with E-state index >= 15 is 0 Å². The van der Waals surface area contributed by atoms with E-state index in [-0.39, 0.29) is 5.91 Å². The zero-order valence-corrected chi connectivity index (χ0v) is 17.7. The first-order chi connectivity index (χ1) is 13.5. The number of unbranched alkanes of at least 4 members (excludes halogenated alkanes) is 2. The van der Waals surface area contributed by atoms with Gasteiger partial charge >= 0.3 is 6.18 Å². The minimum atomic E-state index is -4.36. The topological polar surface area (TPSA) is 25.2 Å². The first kappa shape index (κ1) is 23.0. The summed E-state index contributed by atoms with van der Waals surface area (Å²) in [6, 6.07) is 9.19. The average molecular weight is 409 g/mol. The van der Waals surface area contributed by atoms with E-state index < -0.39 is 17.2 Å². The van der Waals surface area contributed by atoms with Gasteiger partial charge in [-0.25, -0.2) is 0 Å². The number of aromatic nitrogens is 1. The van der Waals surface area contributed by atoms with Crippen molar-refractivity contribution in [2.45, 2.75) is 66.2 Å². The molecule has 1 amide bonds. The monoisotopic (exact) mass is 408 g/mol. The predicted molar refractivity (Wildman–Crippen MR) is 109 cm³/mol. The second-order valence-corrected chi connectivity index (χ2v) is 8.51. The molecule has 2 rings (SSSR count). The molecule has 1 aromatic heterocycles. The minimum absolute atomic E-state index is 0.0837. The summed E-state index contributed by atoms with van der Waals surface area (Å²) in [6.45, 7) is 9.30. The fraction of sp³-hybridized carbons (Fsp3) is 0.522. The lowest BCUT2D eigenvalue weighted by Gasteiger charge is -2.30. The molecule has 0 unspecified atom stereocenters. The van der Waals surface area contributed by atoms with Gasteiger partial charge in [0.2, 0.25) is 5.91 Å². The van der Waals surface area contributed by atoms with Crippen LogP contribution in [0.4, 0.5) is 13.2 Å². The Bertz CT molecular complexity index is 803. The number of hydrogen-bond acceptors (Lipinski definition) is 1. The number of rotatable bonds is 8. The molecule has 0 radical (unpaired) electrons. The highest BCUT2D eigenvalue weighted by molar-refractivity contribution is 5.81. The number of halogens is 3. The van der Waals surface area contributed by atoms with Crippen LogP contribution in [0, 0.1) is 5.41 Å². The molecule has 1 heterocycles. The Balaban J connectivity index is 2.19. The third kappa shape index (κ3) is 6.65. The summed E-state index contributed by atoms with van der Waals surface area (Å²) < 4.78 is 40.9. The lowest BCUT2D eigenvalue weighted by molar-refractivity contribution is -0.140. The van der Waals surface area contributed by atoms with Crippen LogP contribution in [0.25, 0.3) is 0 Å². The highest BCUT2D eigenvalue weighted by atomic mass is 19.4. The van der Waals surface area contributed by atoms with Crippen LogP contribution in [0.2, 0.25) is 0 Å². The Kier molecular flexibility index (Phi) is 7.55. The first-order valence-corrected chi connectivity index (χ1v) is 10.1. The summed E-state index contributed by atoms with van der Waals surface area (Å²) in [6.07, 6.45) is 0.557. The maximum atomic E-state index is 13.0. The maximum Gasteiger partial charge on any atom is 0.416 e. The zero-order chi connectivity index (χ0) is 21.7. The molecule has 0 fully saturated rings. The van der Waals surface area contributed by atoms with Gasteiger partial charge in [-0.3, -0.25) is 4.79 Å². The molecule has 29 heavy (non-hydrogen) atoms. The highest BCUT2D eigenvalue weighted by Crippen LogP contribution is 2.30. The quantitative estimate of drug-likeness (QED) is 0.483. The Morgan fingerprint density at radius 1 is 1.07 bits per heavy atom. The summed E-state index contributed by atoms with van der Waals surface area (Å²) in [5.41, 5.74) is 0.367. The van der Waals surface area contributed by atoms with Crippen molar-refractivity contribution in [3.8, 4) is 0 Å². The lowest BCUT2D eigenvalue weighted by Crippen LogP contribution is -2.40. The van der Waals surface area contributed by atoms with E-state index in [0.717, 1.165) is 31.0 Å². The molecule has 160 valence electrons. The van der Waals surface area contributed by atoms with Gasteiger partial charge in [0.25, 0.3) is 0 Å². The summed E-state index contributed by atoms with van der Waals surface area (Å²) in [7, 11) is 0. The number of amides is 1. The fourth-order valence-electron chi connectivity index (χ4n) is 3.26. The van der Waals surface area contributed by atoms with Gasteiger partial charge < -0.3 is 9.47 Å². The van der Waals surface area contributed by atoms with E-state index in [4.69, 9.17) is 0 Å². The molecule has 0 bridgehead atoms. The molecule has 0 N–H and O–H groups in total. The largest absolute Gasteiger partial charge is 0.416 e. The normalized spacial score (nSPS) is 12.2. The van der Waals surface area contributed by atoms with Gasteiger partial charge in [-0.1, -0.05) is 52.7 Å². The van der Waals surface area contributed by atoms with E-state index in [9.17, 15) is 18.0 Å². The summed E-state index contributed by atoms with van der Waals surface area (Å²) in [5, 5.41) is 0. The summed E-state index contributed by atoms with van der Waals surface area (Å²) in [5.74, 6) is 0.0837. The maximum absolute atomic E-state index is 13.0. The minimum Gasteiger partial charge on any atom is -0.345 e. The summed E-state index contributed by atoms with van der Waals surface area (Å²) in [4.78, 5) is 14.8. The van der Waals surface area contributed by atoms with Crippen LogP contribution >= 0.6 is 0 Å². The fourth-order valence-corrected chi connectivity index (χ4v) is 3.26. The third-order valence-corrected chi connectivity index (χ3v) is 4.84. The highest BCUT2D eigenvalue weighted by Gasteiger charge is 2.30. The number of alkyl halides is 3. The molecule has 3 nitrogen and oxygen atoms in total. The smallest absolute Gasteiger partial charge is 0.345 e. The van der Waals surface area contributed by atoms with Gasteiger partial charge in [0.15, 0.2) is 0 Å². The second kappa shape index (κ2) is 9.51. The van der Waals surface area contributed by atoms with Crippen molar-refractivity contribution < 1.29 is 18.0 Å². The van der Waals surface area contributed by atoms with Crippen molar-refractivity contribution in [3.63, 3.8) is 0 Å². The first-order valence-electron chi connectivity index (χ1n) is 10.1. The van der Waals surface area contributed by atoms with E-state index in [1.54, 1.807) is 6.07 Å². The molecule has 0 aliphatic carbocycles. The van der Waals surface area contributed by atoms with Crippen molar-refractivity contribution in [1.29, 1.82) is 0 Å². The van der Waals surface area contributed by atoms with Gasteiger partial charge in [-0.2, -0.15) is 13.2 Å². The molecule has 6 heteroatoms. The third-order valence-electron chi connectivity index (χ3n) is 4.84. The van der Waals surface area contributed by atoms with E-state index in [1.165, 1.54) is 12.1 Å². The molecule has 0 aliphatic rings. The Morgan fingerprint density at radius 3 is 2.41 bits per heavy atom. The lowest BCUT2D eigenvalue weighted by atomic mass is 9.94. The number of carbonyl (C=O) groups is 1. The predicted octanol–water partition coefficient (Wildman–Crippen LogP) is 6.12. The van der Waals surface area contributed by atoms with Gasteiger partial charge in [-0.15, -0.1) is 0 Å². The van der Waals surface area contributed by atoms with Crippen molar-refractivity contribution >= 4 is 5.91 Å². The Morgan fingerprint density at radius 2 is 1.79 bits per heavy atom. The SMILES string of the molecule is CCCCCN(Cc1cccn1Cc1cccc(C(F)(F)F)c1)C(=O)C(C)(C)C. The van der Waals surface area contributed by atoms with E-state index in [2.05, 4.69) is 6.92 Å². The molecule has 1 aromatic carbocycles. The van der Waals surface area contributed by atoms with Gasteiger partial charge in [0.05, 0.1) is 12.1 Å². The second-order valence-electron chi connectivity index (χ2n) is 8.51. The van der Waals surface area contributed by atoms with Crippen LogP contribution in [0.3, 0.4) is 0 Å². The van der Waals surface area contributed by atoms with Crippen molar-refractivity contribution in [2.75, 3.05) is 6.54 Å². The molecule has 0 spiro atoms. The van der Waals surface area contributed by atoms with Crippen LogP contribution in [0.1, 0.15) is 63.8 Å². The number of hydrogen-bond donors (Lipinski definition) is 0. The van der Waals surface area contributed by atoms with Crippen molar-refractivity contribution in [3.05, 3.63) is 59.4 Å². The van der Waals surface area contributed by atoms with Crippen LogP contribution < -0.4 is 0 Å². The average Bonchev–Trinajstić information content (AvgIpc) is 3.06. The van der Waals surface area contributed by atoms with Crippen molar-refractivity contribution in [2.24, 2.45) is 5.41 Å². The Hall–Kier alpha value is -2.24. The number of carbonyl (C=O) groups excluding carboxylic acids is 1. The molecule has 0 aliphatic heterocycles. The number of benzene rings is 1. The molecular formula is C23H31F3N2O. The van der Waals surface area contributed by atoms with Crippen LogP contribution in [0.15, 0.2) is 42.6 Å². The number of nitrogens with zero attached hydrogens (tertiary/aromatic N) is 2. The van der Waals surface area contributed by atoms with Gasteiger partial charge in [0, 0.05) is 30.4 Å². The molecule has 2 aromatic rings.